The monoisotopic (exact) mass is 201 g/mol. The van der Waals surface area contributed by atoms with Crippen molar-refractivity contribution in [2.75, 3.05) is 14.1 Å². The van der Waals surface area contributed by atoms with Gasteiger partial charge in [-0.25, -0.2) is 0 Å². The molecule has 0 aliphatic heterocycles. The molecule has 0 amide bonds. The predicted molar refractivity (Wildman–Crippen MR) is 49.6 cm³/mol. The molecule has 0 aromatic heterocycles. The summed E-state index contributed by atoms with van der Waals surface area (Å²) in [5.41, 5.74) is 0. The summed E-state index contributed by atoms with van der Waals surface area (Å²) in [5, 5.41) is 0. The van der Waals surface area contributed by atoms with Crippen LogP contribution in [-0.4, -0.2) is 126 Å². The molecule has 0 saturated carbocycles. The molecular weight excluding hydrogens is 192 g/mol. The van der Waals surface area contributed by atoms with Crippen molar-refractivity contribution in [1.29, 1.82) is 0 Å². The van der Waals surface area contributed by atoms with Gasteiger partial charge < -0.3 is 4.90 Å². The number of nitrogens with zero attached hydrogens (tertiary/aromatic N) is 1. The summed E-state index contributed by atoms with van der Waals surface area (Å²) < 4.78 is 0.620. The Balaban J connectivity index is -0.000000125. The molecule has 5 heteroatoms. The fourth-order valence-electron chi connectivity index (χ4n) is 0. The number of hydrogen-bond donors (Lipinski definition) is 1. The molecule has 0 spiro atoms. The first-order chi connectivity index (χ1) is 2.64. The molecule has 0 unspecified atom stereocenters. The minimum atomic E-state index is 0. The van der Waals surface area contributed by atoms with Gasteiger partial charge in [-0.15, -0.1) is 12.6 Å². The van der Waals surface area contributed by atoms with Gasteiger partial charge in [-0.3, -0.25) is 0 Å². The van der Waals surface area contributed by atoms with E-state index >= 15 is 0 Å². The summed E-state index contributed by atoms with van der Waals surface area (Å²) in [6.45, 7) is 0. The minimum absolute atomic E-state index is 0. The van der Waals surface area contributed by atoms with Crippen LogP contribution in [0, 0.1) is 0 Å². The van der Waals surface area contributed by atoms with Crippen molar-refractivity contribution < 1.29 is 0 Å². The fourth-order valence-corrected chi connectivity index (χ4v) is 0. The number of thiol groups is 1. The Morgan fingerprint density at radius 3 is 1.50 bits per heavy atom. The first-order valence-electron chi connectivity index (χ1n) is 1.55. The third-order valence-electron chi connectivity index (χ3n) is 0.383. The predicted octanol–water partition coefficient (Wildman–Crippen LogP) is -0.534. The summed E-state index contributed by atoms with van der Waals surface area (Å²) in [6.07, 6.45) is 0. The number of rotatable bonds is 0. The Labute approximate surface area is 147 Å². The van der Waals surface area contributed by atoms with E-state index in [4.69, 9.17) is 0 Å². The summed E-state index contributed by atoms with van der Waals surface area (Å²) in [6, 6.07) is 0. The Kier molecular flexibility index (Phi) is 23.1. The zero-order valence-corrected chi connectivity index (χ0v) is 5.51. The number of thiocarbonyl (C=S) groups is 1. The van der Waals surface area contributed by atoms with Gasteiger partial charge in [-0.1, -0.05) is 12.2 Å². The second kappa shape index (κ2) is 10.5. The summed E-state index contributed by atoms with van der Waals surface area (Å²) >= 11 is 8.46. The molecule has 1 nitrogen and oxygen atoms in total. The van der Waals surface area contributed by atoms with E-state index in [1.165, 1.54) is 0 Å². The van der Waals surface area contributed by atoms with E-state index in [2.05, 4.69) is 24.8 Å². The Hall–Kier alpha value is 3.51. The molecule has 0 aromatic carbocycles. The van der Waals surface area contributed by atoms with Crippen molar-refractivity contribution in [3.63, 3.8) is 0 Å². The molecule has 0 aliphatic rings. The van der Waals surface area contributed by atoms with E-state index < -0.39 is 0 Å². The molecule has 8 heavy (non-hydrogen) atoms. The maximum absolute atomic E-state index is 4.61. The average molecular weight is 201 g/mol. The fraction of sp³-hybridized carbons (Fsp3) is 0.667. The number of hydrogen-bond acceptors (Lipinski definition) is 1. The summed E-state index contributed by atoms with van der Waals surface area (Å²) in [5.74, 6) is 0. The SMILES string of the molecule is CN(C)C(=S)S.[KH].[KH]. The van der Waals surface area contributed by atoms with Crippen LogP contribution in [0.1, 0.15) is 0 Å². The van der Waals surface area contributed by atoms with Gasteiger partial charge >= 0.3 is 103 Å². The third-order valence-corrected chi connectivity index (χ3v) is 1.15. The molecule has 0 fully saturated rings. The first kappa shape index (κ1) is 17.6. The van der Waals surface area contributed by atoms with Gasteiger partial charge in [-0.2, -0.15) is 0 Å². The van der Waals surface area contributed by atoms with Gasteiger partial charge in [0.1, 0.15) is 4.32 Å². The molecule has 0 atom stereocenters. The molecule has 0 heterocycles. The van der Waals surface area contributed by atoms with Crippen molar-refractivity contribution >= 4 is 132 Å². The summed E-state index contributed by atoms with van der Waals surface area (Å²) in [7, 11) is 3.71. The molecule has 0 saturated heterocycles. The van der Waals surface area contributed by atoms with Crippen LogP contribution in [-0.2, 0) is 0 Å². The molecule has 0 aliphatic carbocycles. The van der Waals surface area contributed by atoms with Gasteiger partial charge in [0.2, 0.25) is 0 Å². The van der Waals surface area contributed by atoms with Gasteiger partial charge in [-0.05, 0) is 0 Å². The van der Waals surface area contributed by atoms with Gasteiger partial charge in [0.25, 0.3) is 0 Å². The molecule has 0 bridgehead atoms. The first-order valence-corrected chi connectivity index (χ1v) is 2.40. The van der Waals surface area contributed by atoms with E-state index in [0.717, 1.165) is 0 Å². The van der Waals surface area contributed by atoms with Crippen LogP contribution in [0.3, 0.4) is 0 Å². The van der Waals surface area contributed by atoms with Crippen LogP contribution in [0.15, 0.2) is 0 Å². The standard InChI is InChI=1S/C3H7NS2.2K.2H/c1-4(2)3(5)6;;;;/h1-2H3,(H,5,6);;;;. The van der Waals surface area contributed by atoms with Crippen molar-refractivity contribution in [1.82, 2.24) is 4.90 Å². The molecule has 0 rings (SSSR count). The second-order valence-corrected chi connectivity index (χ2v) is 2.29. The molecular formula is C3H9K2NS2. The van der Waals surface area contributed by atoms with Crippen molar-refractivity contribution in [3.8, 4) is 0 Å². The topological polar surface area (TPSA) is 3.24 Å². The van der Waals surface area contributed by atoms with Gasteiger partial charge in [0, 0.05) is 14.1 Å². The van der Waals surface area contributed by atoms with Crippen LogP contribution < -0.4 is 0 Å². The van der Waals surface area contributed by atoms with Gasteiger partial charge in [0.15, 0.2) is 0 Å². The molecule has 40 valence electrons. The zero-order valence-electron chi connectivity index (χ0n) is 3.80. The molecule has 0 aromatic rings. The quantitative estimate of drug-likeness (QED) is 0.319. The normalized spacial score (nSPS) is 5.88. The summed E-state index contributed by atoms with van der Waals surface area (Å²) in [4.78, 5) is 1.76. The maximum atomic E-state index is 4.61. The molecule has 0 N–H and O–H groups in total. The van der Waals surface area contributed by atoms with Crippen molar-refractivity contribution in [3.05, 3.63) is 0 Å². The Bertz CT molecular complexity index is 66.3. The van der Waals surface area contributed by atoms with Gasteiger partial charge in [0.05, 0.1) is 0 Å². The van der Waals surface area contributed by atoms with Crippen LogP contribution in [0.2, 0.25) is 0 Å². The van der Waals surface area contributed by atoms with Crippen LogP contribution in [0.25, 0.3) is 0 Å². The molecule has 0 radical (unpaired) electrons. The third kappa shape index (κ3) is 12.2. The van der Waals surface area contributed by atoms with Crippen LogP contribution in [0.4, 0.5) is 0 Å². The zero-order chi connectivity index (χ0) is 5.15. The van der Waals surface area contributed by atoms with Crippen LogP contribution in [0.5, 0.6) is 0 Å². The Morgan fingerprint density at radius 2 is 1.50 bits per heavy atom. The van der Waals surface area contributed by atoms with Crippen LogP contribution >= 0.6 is 24.8 Å². The second-order valence-electron chi connectivity index (χ2n) is 1.18. The van der Waals surface area contributed by atoms with E-state index in [-0.39, 0.29) is 103 Å². The average Bonchev–Trinajstić information content (AvgIpc) is 1.36. The van der Waals surface area contributed by atoms with E-state index in [0.29, 0.717) is 4.32 Å². The van der Waals surface area contributed by atoms with E-state index in [9.17, 15) is 0 Å². The van der Waals surface area contributed by atoms with Crippen molar-refractivity contribution in [2.45, 2.75) is 0 Å². The van der Waals surface area contributed by atoms with E-state index in [1.807, 2.05) is 14.1 Å². The van der Waals surface area contributed by atoms with Crippen molar-refractivity contribution in [2.24, 2.45) is 0 Å². The van der Waals surface area contributed by atoms with E-state index in [1.54, 1.807) is 4.90 Å². The Morgan fingerprint density at radius 1 is 1.38 bits per heavy atom.